The number of aromatic carboxylic acids is 1. The molecule has 0 bridgehead atoms. The maximum absolute atomic E-state index is 15.7. The number of anilines is 1. The van der Waals surface area contributed by atoms with Crippen LogP contribution in [0.3, 0.4) is 0 Å². The fourth-order valence-corrected chi connectivity index (χ4v) is 4.70. The minimum Gasteiger partial charge on any atom is -0.492 e. The van der Waals surface area contributed by atoms with Gasteiger partial charge >= 0.3 is 5.97 Å². The van der Waals surface area contributed by atoms with Crippen molar-refractivity contribution in [1.29, 1.82) is 0 Å². The quantitative estimate of drug-likeness (QED) is 0.615. The van der Waals surface area contributed by atoms with Crippen LogP contribution in [0.15, 0.2) is 47.4 Å². The summed E-state index contributed by atoms with van der Waals surface area (Å²) in [6.07, 6.45) is 0.160. The van der Waals surface area contributed by atoms with E-state index in [1.165, 1.54) is 11.7 Å². The highest BCUT2D eigenvalue weighted by Crippen LogP contribution is 2.46. The molecule has 1 aromatic heterocycles. The van der Waals surface area contributed by atoms with Gasteiger partial charge in [-0.15, -0.1) is 0 Å². The standard InChI is InChI=1S/C24H23F2N3O4/c1-33-23-20-14(22(30)15(24(31)32)12-29(20)18-10-16(18)25)9-17(26)21(23)28-8-7-27-11-19(28)13-5-3-2-4-6-13/h2-6,9,12,16,18-19,27H,7-8,10-11H2,1H3,(H,31,32)/t16-,18+,19?/m0/s1. The van der Waals surface area contributed by atoms with Crippen LogP contribution in [0.25, 0.3) is 10.9 Å². The first-order valence-electron chi connectivity index (χ1n) is 10.8. The van der Waals surface area contributed by atoms with Gasteiger partial charge in [-0.3, -0.25) is 4.79 Å². The molecule has 172 valence electrons. The highest BCUT2D eigenvalue weighted by molar-refractivity contribution is 5.97. The first-order valence-corrected chi connectivity index (χ1v) is 10.8. The number of alkyl halides is 1. The molecular formula is C24H23F2N3O4. The molecule has 0 spiro atoms. The molecule has 2 fully saturated rings. The number of rotatable bonds is 5. The Morgan fingerprint density at radius 3 is 2.64 bits per heavy atom. The molecule has 0 radical (unpaired) electrons. The van der Waals surface area contributed by atoms with E-state index in [0.717, 1.165) is 17.8 Å². The number of hydrogen-bond acceptors (Lipinski definition) is 5. The monoisotopic (exact) mass is 455 g/mol. The number of fused-ring (bicyclic) bond motifs is 1. The third-order valence-corrected chi connectivity index (χ3v) is 6.39. The second kappa shape index (κ2) is 8.15. The molecule has 7 nitrogen and oxygen atoms in total. The lowest BCUT2D eigenvalue weighted by molar-refractivity contribution is 0.0694. The van der Waals surface area contributed by atoms with Crippen LogP contribution in [0, 0.1) is 5.82 Å². The highest BCUT2D eigenvalue weighted by atomic mass is 19.1. The summed E-state index contributed by atoms with van der Waals surface area (Å²) >= 11 is 0. The summed E-state index contributed by atoms with van der Waals surface area (Å²) in [6, 6.07) is 9.87. The van der Waals surface area contributed by atoms with Crippen LogP contribution in [0.4, 0.5) is 14.5 Å². The molecule has 9 heteroatoms. The van der Waals surface area contributed by atoms with Gasteiger partial charge in [0.05, 0.1) is 30.1 Å². The Bertz CT molecular complexity index is 1290. The minimum atomic E-state index is -1.44. The van der Waals surface area contributed by atoms with Crippen LogP contribution in [-0.4, -0.2) is 48.6 Å². The van der Waals surface area contributed by atoms with Gasteiger partial charge in [0.15, 0.2) is 11.6 Å². The molecule has 0 amide bonds. The van der Waals surface area contributed by atoms with Gasteiger partial charge in [0.25, 0.3) is 0 Å². The average Bonchev–Trinajstić information content (AvgIpc) is 3.55. The molecule has 1 aliphatic carbocycles. The zero-order valence-corrected chi connectivity index (χ0v) is 17.9. The number of carboxylic acid groups (broad SMARTS) is 1. The van der Waals surface area contributed by atoms with E-state index in [9.17, 15) is 19.1 Å². The number of halogens is 2. The van der Waals surface area contributed by atoms with Gasteiger partial charge in [0.2, 0.25) is 5.43 Å². The van der Waals surface area contributed by atoms with Crippen LogP contribution in [0.2, 0.25) is 0 Å². The summed E-state index contributed by atoms with van der Waals surface area (Å²) in [7, 11) is 1.37. The lowest BCUT2D eigenvalue weighted by Crippen LogP contribution is -2.46. The van der Waals surface area contributed by atoms with Crippen LogP contribution in [-0.2, 0) is 0 Å². The van der Waals surface area contributed by atoms with Crippen molar-refractivity contribution in [2.24, 2.45) is 0 Å². The van der Waals surface area contributed by atoms with Gasteiger partial charge in [0.1, 0.15) is 17.4 Å². The number of nitrogens with zero attached hydrogens (tertiary/aromatic N) is 2. The van der Waals surface area contributed by atoms with Gasteiger partial charge in [0, 0.05) is 32.3 Å². The number of piperazine rings is 1. The summed E-state index contributed by atoms with van der Waals surface area (Å²) in [5.74, 6) is -2.04. The van der Waals surface area contributed by atoms with E-state index in [-0.39, 0.29) is 34.8 Å². The van der Waals surface area contributed by atoms with E-state index in [0.29, 0.717) is 19.6 Å². The van der Waals surface area contributed by atoms with Crippen molar-refractivity contribution in [2.45, 2.75) is 24.7 Å². The number of carboxylic acids is 1. The van der Waals surface area contributed by atoms with E-state index >= 15 is 4.39 Å². The molecule has 1 unspecified atom stereocenters. The van der Waals surface area contributed by atoms with Crippen LogP contribution in [0.5, 0.6) is 5.75 Å². The predicted molar refractivity (Wildman–Crippen MR) is 120 cm³/mol. The Morgan fingerprint density at radius 2 is 2.00 bits per heavy atom. The lowest BCUT2D eigenvalue weighted by Gasteiger charge is -2.39. The molecule has 2 aromatic carbocycles. The molecule has 3 atom stereocenters. The number of methoxy groups -OCH3 is 1. The van der Waals surface area contributed by atoms with Crippen molar-refractivity contribution in [3.05, 3.63) is 69.8 Å². The fraction of sp³-hybridized carbons (Fsp3) is 0.333. The van der Waals surface area contributed by atoms with Gasteiger partial charge in [-0.25, -0.2) is 13.6 Å². The van der Waals surface area contributed by atoms with E-state index in [2.05, 4.69) is 5.32 Å². The zero-order valence-electron chi connectivity index (χ0n) is 17.9. The SMILES string of the molecule is COc1c(N2CCNCC2c2ccccc2)c(F)cc2c(=O)c(C(=O)O)cn([C@@H]3C[C@@H]3F)c12. The fourth-order valence-electron chi connectivity index (χ4n) is 4.70. The van der Waals surface area contributed by atoms with Crippen LogP contribution < -0.4 is 20.4 Å². The Balaban J connectivity index is 1.78. The van der Waals surface area contributed by atoms with E-state index in [1.807, 2.05) is 35.2 Å². The molecule has 1 saturated heterocycles. The number of carbonyl (C=O) groups is 1. The van der Waals surface area contributed by atoms with Crippen LogP contribution >= 0.6 is 0 Å². The van der Waals surface area contributed by atoms with Crippen LogP contribution in [0.1, 0.15) is 34.4 Å². The third kappa shape index (κ3) is 3.52. The van der Waals surface area contributed by atoms with Crippen molar-refractivity contribution < 1.29 is 23.4 Å². The predicted octanol–water partition coefficient (Wildman–Crippen LogP) is 3.28. The number of aromatic nitrogens is 1. The van der Waals surface area contributed by atoms with Gasteiger partial charge in [-0.1, -0.05) is 30.3 Å². The number of benzene rings is 2. The van der Waals surface area contributed by atoms with Gasteiger partial charge in [-0.05, 0) is 11.6 Å². The van der Waals surface area contributed by atoms with Crippen molar-refractivity contribution in [1.82, 2.24) is 9.88 Å². The molecule has 1 aliphatic heterocycles. The topological polar surface area (TPSA) is 83.8 Å². The van der Waals surface area contributed by atoms with E-state index < -0.39 is 35.0 Å². The maximum Gasteiger partial charge on any atom is 0.341 e. The first-order chi connectivity index (χ1) is 15.9. The van der Waals surface area contributed by atoms with E-state index in [1.54, 1.807) is 0 Å². The summed E-state index contributed by atoms with van der Waals surface area (Å²) in [4.78, 5) is 26.4. The second-order valence-corrected chi connectivity index (χ2v) is 8.36. The smallest absolute Gasteiger partial charge is 0.341 e. The second-order valence-electron chi connectivity index (χ2n) is 8.36. The molecule has 2 N–H and O–H groups in total. The largest absolute Gasteiger partial charge is 0.492 e. The summed E-state index contributed by atoms with van der Waals surface area (Å²) < 4.78 is 36.8. The third-order valence-electron chi connectivity index (χ3n) is 6.39. The Hall–Kier alpha value is -3.46. The lowest BCUT2D eigenvalue weighted by atomic mass is 10.0. The molecule has 2 heterocycles. The summed E-state index contributed by atoms with van der Waals surface area (Å²) in [6.45, 7) is 1.67. The maximum atomic E-state index is 15.7. The molecule has 5 rings (SSSR count). The number of hydrogen-bond donors (Lipinski definition) is 2. The van der Waals surface area contributed by atoms with Crippen molar-refractivity contribution in [3.63, 3.8) is 0 Å². The van der Waals surface area contributed by atoms with Crippen molar-refractivity contribution >= 4 is 22.6 Å². The molecule has 3 aromatic rings. The van der Waals surface area contributed by atoms with Gasteiger partial charge in [-0.2, -0.15) is 0 Å². The van der Waals surface area contributed by atoms with Gasteiger partial charge < -0.3 is 24.6 Å². The Morgan fingerprint density at radius 1 is 1.27 bits per heavy atom. The normalized spacial score (nSPS) is 22.4. The molecule has 1 saturated carbocycles. The number of pyridine rings is 1. The first kappa shape index (κ1) is 21.4. The zero-order chi connectivity index (χ0) is 23.3. The van der Waals surface area contributed by atoms with E-state index in [4.69, 9.17) is 4.74 Å². The summed E-state index contributed by atoms with van der Waals surface area (Å²) in [5, 5.41) is 12.7. The Kier molecular flexibility index (Phi) is 5.28. The molecular weight excluding hydrogens is 432 g/mol. The number of ether oxygens (including phenoxy) is 1. The van der Waals surface area contributed by atoms with Crippen molar-refractivity contribution in [3.8, 4) is 5.75 Å². The molecule has 33 heavy (non-hydrogen) atoms. The molecule has 2 aliphatic rings. The minimum absolute atomic E-state index is 0.0981. The average molecular weight is 455 g/mol. The van der Waals surface area contributed by atoms with Crippen molar-refractivity contribution in [2.75, 3.05) is 31.6 Å². The number of nitrogens with one attached hydrogen (secondary N) is 1. The Labute approximate surface area is 188 Å². The summed E-state index contributed by atoms with van der Waals surface area (Å²) in [5.41, 5.74) is 0.0107. The highest BCUT2D eigenvalue weighted by Gasteiger charge is 2.41.